The fourth-order valence-electron chi connectivity index (χ4n) is 3.19. The van der Waals surface area contributed by atoms with Crippen molar-refractivity contribution in [2.45, 2.75) is 25.3 Å². The van der Waals surface area contributed by atoms with E-state index in [1.807, 2.05) is 0 Å². The monoisotopic (exact) mass is 374 g/mol. The predicted octanol–water partition coefficient (Wildman–Crippen LogP) is -1.04. The first kappa shape index (κ1) is 18.6. The standard InChI is InChI=1S/C17H22N6O4/c1-21-16(26)12(10-19-17(21)27)15(25)18-9-11-5-3-4-8-23(11)13-6-7-14(24)22(2)20-13/h6-7,10-11H,3-5,8-9H2,1-2H3,(H,18,25)(H,19,27). The van der Waals surface area contributed by atoms with Crippen LogP contribution >= 0.6 is 0 Å². The predicted molar refractivity (Wildman–Crippen MR) is 99.1 cm³/mol. The number of carbonyl (C=O) groups excluding carboxylic acids is 1. The summed E-state index contributed by atoms with van der Waals surface area (Å²) < 4.78 is 2.14. The van der Waals surface area contributed by atoms with Crippen molar-refractivity contribution >= 4 is 11.7 Å². The fraction of sp³-hybridized carbons (Fsp3) is 0.471. The van der Waals surface area contributed by atoms with E-state index in [2.05, 4.69) is 20.3 Å². The lowest BCUT2D eigenvalue weighted by Crippen LogP contribution is -2.48. The number of nitrogens with zero attached hydrogens (tertiary/aromatic N) is 4. The molecule has 2 aromatic heterocycles. The number of hydrogen-bond acceptors (Lipinski definition) is 6. The number of rotatable bonds is 4. The van der Waals surface area contributed by atoms with Crippen LogP contribution in [0.5, 0.6) is 0 Å². The van der Waals surface area contributed by atoms with E-state index in [-0.39, 0.29) is 17.2 Å². The summed E-state index contributed by atoms with van der Waals surface area (Å²) in [6.07, 6.45) is 4.00. The van der Waals surface area contributed by atoms with Crippen LogP contribution in [-0.2, 0) is 14.1 Å². The molecule has 0 bridgehead atoms. The van der Waals surface area contributed by atoms with Gasteiger partial charge in [-0.15, -0.1) is 0 Å². The summed E-state index contributed by atoms with van der Waals surface area (Å²) in [6.45, 7) is 1.10. The highest BCUT2D eigenvalue weighted by Crippen LogP contribution is 2.21. The smallest absolute Gasteiger partial charge is 0.328 e. The van der Waals surface area contributed by atoms with Crippen LogP contribution in [0.4, 0.5) is 5.82 Å². The Morgan fingerprint density at radius 2 is 2.04 bits per heavy atom. The van der Waals surface area contributed by atoms with Gasteiger partial charge in [0.15, 0.2) is 0 Å². The maximum Gasteiger partial charge on any atom is 0.328 e. The minimum Gasteiger partial charge on any atom is -0.350 e. The maximum absolute atomic E-state index is 12.4. The molecule has 2 N–H and O–H groups in total. The van der Waals surface area contributed by atoms with Gasteiger partial charge in [-0.25, -0.2) is 9.48 Å². The molecule has 3 rings (SSSR count). The van der Waals surface area contributed by atoms with Crippen LogP contribution in [0.1, 0.15) is 29.6 Å². The number of aryl methyl sites for hydroxylation is 1. The van der Waals surface area contributed by atoms with E-state index in [0.717, 1.165) is 36.6 Å². The number of hydrogen-bond donors (Lipinski definition) is 2. The molecule has 1 unspecified atom stereocenters. The van der Waals surface area contributed by atoms with Gasteiger partial charge in [0.2, 0.25) is 0 Å². The summed E-state index contributed by atoms with van der Waals surface area (Å²) in [6, 6.07) is 3.15. The third-order valence-corrected chi connectivity index (χ3v) is 4.79. The van der Waals surface area contributed by atoms with Crippen molar-refractivity contribution in [3.8, 4) is 0 Å². The SMILES string of the molecule is Cn1nc(N2CCCCC2CNC(=O)c2c[nH]c(=O)n(C)c2=O)ccc1=O. The Morgan fingerprint density at radius 1 is 1.26 bits per heavy atom. The molecule has 2 aromatic rings. The molecule has 27 heavy (non-hydrogen) atoms. The Morgan fingerprint density at radius 3 is 2.78 bits per heavy atom. The second kappa shape index (κ2) is 7.60. The van der Waals surface area contributed by atoms with Gasteiger partial charge in [-0.3, -0.25) is 19.0 Å². The van der Waals surface area contributed by atoms with E-state index >= 15 is 0 Å². The zero-order valence-corrected chi connectivity index (χ0v) is 15.3. The first-order chi connectivity index (χ1) is 12.9. The van der Waals surface area contributed by atoms with Crippen LogP contribution < -0.4 is 27.0 Å². The van der Waals surface area contributed by atoms with E-state index in [1.54, 1.807) is 13.1 Å². The summed E-state index contributed by atoms with van der Waals surface area (Å²) >= 11 is 0. The van der Waals surface area contributed by atoms with Crippen LogP contribution in [0, 0.1) is 0 Å². The molecule has 0 aromatic carbocycles. The van der Waals surface area contributed by atoms with Gasteiger partial charge >= 0.3 is 5.69 Å². The van der Waals surface area contributed by atoms with Crippen molar-refractivity contribution < 1.29 is 4.79 Å². The molecular formula is C17H22N6O4. The molecule has 10 heteroatoms. The molecular weight excluding hydrogens is 352 g/mol. The van der Waals surface area contributed by atoms with E-state index in [0.29, 0.717) is 12.4 Å². The maximum atomic E-state index is 12.4. The van der Waals surface area contributed by atoms with Gasteiger partial charge in [0, 0.05) is 45.5 Å². The van der Waals surface area contributed by atoms with Crippen LogP contribution in [0.25, 0.3) is 0 Å². The molecule has 3 heterocycles. The van der Waals surface area contributed by atoms with Crippen molar-refractivity contribution in [1.29, 1.82) is 0 Å². The number of nitrogens with one attached hydrogen (secondary N) is 2. The highest BCUT2D eigenvalue weighted by molar-refractivity contribution is 5.93. The van der Waals surface area contributed by atoms with Crippen molar-refractivity contribution in [3.05, 3.63) is 55.1 Å². The normalized spacial score (nSPS) is 17.0. The summed E-state index contributed by atoms with van der Waals surface area (Å²) in [5.41, 5.74) is -1.51. The number of piperidine rings is 1. The Hall–Kier alpha value is -3.17. The molecule has 1 amide bonds. The zero-order valence-electron chi connectivity index (χ0n) is 15.3. The van der Waals surface area contributed by atoms with Gasteiger partial charge < -0.3 is 15.2 Å². The van der Waals surface area contributed by atoms with Gasteiger partial charge in [0.05, 0.1) is 0 Å². The van der Waals surface area contributed by atoms with E-state index < -0.39 is 17.2 Å². The van der Waals surface area contributed by atoms with Crippen LogP contribution in [0.3, 0.4) is 0 Å². The summed E-state index contributed by atoms with van der Waals surface area (Å²) in [5, 5.41) is 7.06. The summed E-state index contributed by atoms with van der Waals surface area (Å²) in [5.74, 6) is 0.141. The molecule has 1 aliphatic heterocycles. The minimum absolute atomic E-state index is 0.000634. The molecule has 1 fully saturated rings. The van der Waals surface area contributed by atoms with Crippen molar-refractivity contribution in [1.82, 2.24) is 24.6 Å². The van der Waals surface area contributed by atoms with Crippen molar-refractivity contribution in [3.63, 3.8) is 0 Å². The Bertz CT molecular complexity index is 1020. The molecule has 1 aliphatic rings. The lowest BCUT2D eigenvalue weighted by molar-refractivity contribution is 0.0947. The Balaban J connectivity index is 1.75. The number of anilines is 1. The van der Waals surface area contributed by atoms with E-state index in [9.17, 15) is 19.2 Å². The molecule has 144 valence electrons. The highest BCUT2D eigenvalue weighted by Gasteiger charge is 2.25. The quantitative estimate of drug-likeness (QED) is 0.705. The molecule has 1 atom stereocenters. The second-order valence-electron chi connectivity index (χ2n) is 6.58. The third kappa shape index (κ3) is 3.83. The van der Waals surface area contributed by atoms with Gasteiger partial charge in [-0.1, -0.05) is 0 Å². The van der Waals surface area contributed by atoms with Crippen molar-refractivity contribution in [2.75, 3.05) is 18.0 Å². The zero-order chi connectivity index (χ0) is 19.6. The topological polar surface area (TPSA) is 122 Å². The number of amides is 1. The van der Waals surface area contributed by atoms with Gasteiger partial charge in [0.1, 0.15) is 11.4 Å². The molecule has 0 spiro atoms. The number of carbonyl (C=O) groups is 1. The van der Waals surface area contributed by atoms with E-state index in [4.69, 9.17) is 0 Å². The van der Waals surface area contributed by atoms with Crippen LogP contribution in [0.15, 0.2) is 32.7 Å². The number of H-pyrrole nitrogens is 1. The molecule has 0 radical (unpaired) electrons. The van der Waals surface area contributed by atoms with Gasteiger partial charge in [-0.05, 0) is 25.3 Å². The fourth-order valence-corrected chi connectivity index (χ4v) is 3.19. The third-order valence-electron chi connectivity index (χ3n) is 4.79. The highest BCUT2D eigenvalue weighted by atomic mass is 16.2. The second-order valence-corrected chi connectivity index (χ2v) is 6.58. The summed E-state index contributed by atoms with van der Waals surface area (Å²) in [7, 11) is 2.91. The van der Waals surface area contributed by atoms with Crippen LogP contribution in [-0.4, -0.2) is 44.4 Å². The first-order valence-corrected chi connectivity index (χ1v) is 8.76. The van der Waals surface area contributed by atoms with Crippen LogP contribution in [0.2, 0.25) is 0 Å². The molecule has 0 aliphatic carbocycles. The number of aromatic nitrogens is 4. The Labute approximate surface area is 154 Å². The number of aromatic amines is 1. The minimum atomic E-state index is -0.642. The molecule has 10 nitrogen and oxygen atoms in total. The van der Waals surface area contributed by atoms with E-state index in [1.165, 1.54) is 17.8 Å². The lowest BCUT2D eigenvalue weighted by atomic mass is 10.0. The average Bonchev–Trinajstić information content (AvgIpc) is 2.67. The van der Waals surface area contributed by atoms with Crippen molar-refractivity contribution in [2.24, 2.45) is 14.1 Å². The molecule has 0 saturated carbocycles. The average molecular weight is 374 g/mol. The molecule has 1 saturated heterocycles. The Kier molecular flexibility index (Phi) is 5.24. The first-order valence-electron chi connectivity index (χ1n) is 8.76. The van der Waals surface area contributed by atoms with Gasteiger partial charge in [-0.2, -0.15) is 5.10 Å². The largest absolute Gasteiger partial charge is 0.350 e. The summed E-state index contributed by atoms with van der Waals surface area (Å²) in [4.78, 5) is 51.9. The van der Waals surface area contributed by atoms with Gasteiger partial charge in [0.25, 0.3) is 17.0 Å². The lowest BCUT2D eigenvalue weighted by Gasteiger charge is -2.36.